The Morgan fingerprint density at radius 1 is 1.00 bits per heavy atom. The lowest BCUT2D eigenvalue weighted by atomic mass is 9.98. The molecule has 148 valence electrons. The van der Waals surface area contributed by atoms with Crippen LogP contribution in [0.15, 0.2) is 54.7 Å². The minimum Gasteiger partial charge on any atom is -0.336 e. The number of nitrogens with one attached hydrogen (secondary N) is 1. The van der Waals surface area contributed by atoms with Crippen LogP contribution in [0, 0.1) is 0 Å². The van der Waals surface area contributed by atoms with Crippen molar-refractivity contribution in [3.05, 3.63) is 77.0 Å². The molecule has 3 heterocycles. The monoisotopic (exact) mass is 386 g/mol. The number of carbonyl (C=O) groups is 1. The quantitative estimate of drug-likeness (QED) is 0.752. The molecule has 5 nitrogen and oxygen atoms in total. The first-order valence-corrected chi connectivity index (χ1v) is 10.4. The Morgan fingerprint density at radius 2 is 1.86 bits per heavy atom. The van der Waals surface area contributed by atoms with Gasteiger partial charge in [0.15, 0.2) is 0 Å². The van der Waals surface area contributed by atoms with Crippen LogP contribution in [-0.4, -0.2) is 53.4 Å². The Labute approximate surface area is 171 Å². The van der Waals surface area contributed by atoms with E-state index >= 15 is 0 Å². The van der Waals surface area contributed by atoms with Crippen LogP contribution in [0.2, 0.25) is 0 Å². The molecule has 0 atom stereocenters. The maximum absolute atomic E-state index is 13.0. The summed E-state index contributed by atoms with van der Waals surface area (Å²) < 4.78 is 0. The lowest BCUT2D eigenvalue weighted by molar-refractivity contribution is 0.0628. The van der Waals surface area contributed by atoms with E-state index in [-0.39, 0.29) is 5.91 Å². The van der Waals surface area contributed by atoms with Gasteiger partial charge in [0, 0.05) is 56.4 Å². The minimum absolute atomic E-state index is 0.165. The first-order valence-electron chi connectivity index (χ1n) is 10.4. The predicted octanol–water partition coefficient (Wildman–Crippen LogP) is 2.84. The van der Waals surface area contributed by atoms with Crippen molar-refractivity contribution < 1.29 is 4.79 Å². The normalized spacial score (nSPS) is 17.3. The number of hydrogen-bond donors (Lipinski definition) is 1. The van der Waals surface area contributed by atoms with Gasteiger partial charge >= 0.3 is 0 Å². The van der Waals surface area contributed by atoms with Gasteiger partial charge in [-0.25, -0.2) is 0 Å². The highest BCUT2D eigenvalue weighted by atomic mass is 16.2. The number of nitrogens with zero attached hydrogens (tertiary/aromatic N) is 3. The molecule has 0 radical (unpaired) electrons. The Balaban J connectivity index is 1.24. The summed E-state index contributed by atoms with van der Waals surface area (Å²) in [4.78, 5) is 22.0. The molecule has 0 bridgehead atoms. The minimum atomic E-state index is 0.165. The summed E-state index contributed by atoms with van der Waals surface area (Å²) in [6.45, 7) is 6.11. The molecule has 3 aromatic rings. The SMILES string of the molecule is O=C(c1ccc2c(c1)CCNC2)N1CCN(Cc2cccc3cccnc23)CC1. The molecule has 1 N–H and O–H groups in total. The van der Waals surface area contributed by atoms with Crippen molar-refractivity contribution in [2.45, 2.75) is 19.5 Å². The second kappa shape index (κ2) is 7.93. The lowest BCUT2D eigenvalue weighted by Crippen LogP contribution is -2.48. The molecule has 0 aliphatic carbocycles. The molecule has 1 saturated heterocycles. The number of benzene rings is 2. The number of rotatable bonds is 3. The second-order valence-corrected chi connectivity index (χ2v) is 7.97. The van der Waals surface area contributed by atoms with Crippen LogP contribution in [-0.2, 0) is 19.5 Å². The molecule has 2 aliphatic heterocycles. The van der Waals surface area contributed by atoms with Crippen molar-refractivity contribution >= 4 is 16.8 Å². The van der Waals surface area contributed by atoms with Gasteiger partial charge in [-0.1, -0.05) is 30.3 Å². The highest BCUT2D eigenvalue weighted by Gasteiger charge is 2.23. The third-order valence-electron chi connectivity index (χ3n) is 6.11. The van der Waals surface area contributed by atoms with Crippen molar-refractivity contribution in [3.8, 4) is 0 Å². The number of carbonyl (C=O) groups excluding carboxylic acids is 1. The van der Waals surface area contributed by atoms with E-state index in [9.17, 15) is 4.79 Å². The number of hydrogen-bond acceptors (Lipinski definition) is 4. The summed E-state index contributed by atoms with van der Waals surface area (Å²) in [6, 6.07) is 16.7. The number of piperazine rings is 1. The summed E-state index contributed by atoms with van der Waals surface area (Å²) >= 11 is 0. The molecule has 29 heavy (non-hydrogen) atoms. The first-order chi connectivity index (χ1) is 14.3. The van der Waals surface area contributed by atoms with Crippen LogP contribution in [0.1, 0.15) is 27.0 Å². The van der Waals surface area contributed by atoms with Gasteiger partial charge in [-0.2, -0.15) is 0 Å². The van der Waals surface area contributed by atoms with Gasteiger partial charge in [-0.15, -0.1) is 0 Å². The smallest absolute Gasteiger partial charge is 0.253 e. The van der Waals surface area contributed by atoms with E-state index in [4.69, 9.17) is 0 Å². The summed E-state index contributed by atoms with van der Waals surface area (Å²) in [5.41, 5.74) is 5.80. The van der Waals surface area contributed by atoms with Crippen LogP contribution >= 0.6 is 0 Å². The van der Waals surface area contributed by atoms with Crippen LogP contribution in [0.3, 0.4) is 0 Å². The summed E-state index contributed by atoms with van der Waals surface area (Å²) in [5, 5.41) is 4.57. The van der Waals surface area contributed by atoms with E-state index in [1.165, 1.54) is 22.1 Å². The molecule has 5 rings (SSSR count). The number of amides is 1. The van der Waals surface area contributed by atoms with Gasteiger partial charge in [0.1, 0.15) is 0 Å². The Morgan fingerprint density at radius 3 is 2.76 bits per heavy atom. The number of pyridine rings is 1. The van der Waals surface area contributed by atoms with Gasteiger partial charge in [0.2, 0.25) is 0 Å². The van der Waals surface area contributed by atoms with Gasteiger partial charge < -0.3 is 10.2 Å². The molecular formula is C24H26N4O. The van der Waals surface area contributed by atoms with E-state index in [1.807, 2.05) is 23.2 Å². The van der Waals surface area contributed by atoms with Gasteiger partial charge in [0.05, 0.1) is 5.52 Å². The fraction of sp³-hybridized carbons (Fsp3) is 0.333. The predicted molar refractivity (Wildman–Crippen MR) is 115 cm³/mol. The van der Waals surface area contributed by atoms with Crippen LogP contribution in [0.5, 0.6) is 0 Å². The third kappa shape index (κ3) is 3.76. The molecule has 1 aromatic heterocycles. The summed E-state index contributed by atoms with van der Waals surface area (Å²) in [7, 11) is 0. The zero-order valence-corrected chi connectivity index (χ0v) is 16.6. The van der Waals surface area contributed by atoms with E-state index in [1.54, 1.807) is 0 Å². The van der Waals surface area contributed by atoms with Crippen LogP contribution in [0.4, 0.5) is 0 Å². The zero-order valence-electron chi connectivity index (χ0n) is 16.6. The fourth-order valence-electron chi connectivity index (χ4n) is 4.44. The number of fused-ring (bicyclic) bond motifs is 2. The third-order valence-corrected chi connectivity index (χ3v) is 6.11. The topological polar surface area (TPSA) is 48.5 Å². The Hall–Kier alpha value is -2.76. The number of aromatic nitrogens is 1. The van der Waals surface area contributed by atoms with E-state index < -0.39 is 0 Å². The van der Waals surface area contributed by atoms with Gasteiger partial charge in [0.25, 0.3) is 5.91 Å². The van der Waals surface area contributed by atoms with Crippen molar-refractivity contribution in [1.82, 2.24) is 20.1 Å². The van der Waals surface area contributed by atoms with Crippen molar-refractivity contribution in [1.29, 1.82) is 0 Å². The average molecular weight is 386 g/mol. The molecule has 2 aliphatic rings. The molecule has 0 unspecified atom stereocenters. The molecule has 5 heteroatoms. The molecule has 1 amide bonds. The standard InChI is InChI=1S/C24H26N4O/c29-24(20-6-7-21-16-25-10-8-19(21)15-20)28-13-11-27(12-14-28)17-22-4-1-3-18-5-2-9-26-23(18)22/h1-7,9,15,25H,8,10-14,16-17H2. The summed E-state index contributed by atoms with van der Waals surface area (Å²) in [6.07, 6.45) is 2.86. The highest BCUT2D eigenvalue weighted by Crippen LogP contribution is 2.20. The maximum atomic E-state index is 13.0. The van der Waals surface area contributed by atoms with Crippen molar-refractivity contribution in [2.24, 2.45) is 0 Å². The maximum Gasteiger partial charge on any atom is 0.253 e. The molecular weight excluding hydrogens is 360 g/mol. The Kier molecular flexibility index (Phi) is 5.00. The van der Waals surface area contributed by atoms with E-state index in [0.717, 1.165) is 63.3 Å². The molecule has 0 saturated carbocycles. The fourth-order valence-corrected chi connectivity index (χ4v) is 4.44. The Bertz CT molecular complexity index is 1030. The molecule has 1 fully saturated rings. The second-order valence-electron chi connectivity index (χ2n) is 7.97. The summed E-state index contributed by atoms with van der Waals surface area (Å²) in [5.74, 6) is 0.165. The molecule has 2 aromatic carbocycles. The lowest BCUT2D eigenvalue weighted by Gasteiger charge is -2.35. The first kappa shape index (κ1) is 18.3. The van der Waals surface area contributed by atoms with Gasteiger partial charge in [-0.3, -0.25) is 14.7 Å². The van der Waals surface area contributed by atoms with Crippen molar-refractivity contribution in [3.63, 3.8) is 0 Å². The van der Waals surface area contributed by atoms with Gasteiger partial charge in [-0.05, 0) is 47.9 Å². The molecule has 0 spiro atoms. The average Bonchev–Trinajstić information content (AvgIpc) is 2.79. The van der Waals surface area contributed by atoms with Crippen LogP contribution in [0.25, 0.3) is 10.9 Å². The van der Waals surface area contributed by atoms with Crippen molar-refractivity contribution in [2.75, 3.05) is 32.7 Å². The van der Waals surface area contributed by atoms with E-state index in [0.29, 0.717) is 0 Å². The number of para-hydroxylation sites is 1. The van der Waals surface area contributed by atoms with E-state index in [2.05, 4.69) is 51.6 Å². The highest BCUT2D eigenvalue weighted by molar-refractivity contribution is 5.94. The largest absolute Gasteiger partial charge is 0.336 e. The zero-order chi connectivity index (χ0) is 19.6. The van der Waals surface area contributed by atoms with Crippen LogP contribution < -0.4 is 5.32 Å².